The Labute approximate surface area is 137 Å². The van der Waals surface area contributed by atoms with E-state index in [2.05, 4.69) is 21.6 Å². The van der Waals surface area contributed by atoms with Gasteiger partial charge in [-0.15, -0.1) is 10.2 Å². The van der Waals surface area contributed by atoms with Crippen molar-refractivity contribution in [3.63, 3.8) is 0 Å². The molecule has 7 heteroatoms. The number of benzene rings is 1. The molecule has 0 aliphatic carbocycles. The number of nitrogens with zero attached hydrogens (tertiary/aromatic N) is 4. The number of rotatable bonds is 5. The first kappa shape index (κ1) is 15.3. The highest BCUT2D eigenvalue weighted by Gasteiger charge is 2.12. The smallest absolute Gasteiger partial charge is 0.230 e. The van der Waals surface area contributed by atoms with Gasteiger partial charge in [-0.1, -0.05) is 30.0 Å². The minimum absolute atomic E-state index is 0.113. The largest absolute Gasteiger partial charge is 0.354 e. The number of hydrogen-bond acceptors (Lipinski definition) is 5. The predicted molar refractivity (Wildman–Crippen MR) is 89.2 cm³/mol. The standard InChI is InChI=1S/C16H15N5OS/c1-11-9-14-19-20-16(23-10-15(22)18-8-4-7-17)21(14)13-6-3-2-5-12(11)13/h2-3,5-6,9H,4,8,10H2,1H3,(H,18,22). The fourth-order valence-electron chi connectivity index (χ4n) is 2.41. The first-order valence-electron chi connectivity index (χ1n) is 7.20. The molecule has 6 nitrogen and oxygen atoms in total. The van der Waals surface area contributed by atoms with E-state index in [9.17, 15) is 4.79 Å². The zero-order valence-corrected chi connectivity index (χ0v) is 13.4. The van der Waals surface area contributed by atoms with Gasteiger partial charge in [-0.25, -0.2) is 0 Å². The van der Waals surface area contributed by atoms with Crippen LogP contribution in [-0.4, -0.2) is 32.8 Å². The quantitative estimate of drug-likeness (QED) is 0.575. The van der Waals surface area contributed by atoms with E-state index in [0.717, 1.165) is 22.1 Å². The number of aromatic nitrogens is 3. The highest BCUT2D eigenvalue weighted by atomic mass is 32.2. The van der Waals surface area contributed by atoms with Gasteiger partial charge in [0.2, 0.25) is 5.91 Å². The summed E-state index contributed by atoms with van der Waals surface area (Å²) in [5.74, 6) is 0.132. The Bertz CT molecular complexity index is 912. The number of carbonyl (C=O) groups is 1. The van der Waals surface area contributed by atoms with Gasteiger partial charge in [0.25, 0.3) is 0 Å². The van der Waals surface area contributed by atoms with Crippen LogP contribution in [-0.2, 0) is 4.79 Å². The van der Waals surface area contributed by atoms with Crippen LogP contribution in [0, 0.1) is 18.3 Å². The molecule has 2 heterocycles. The lowest BCUT2D eigenvalue weighted by Gasteiger charge is -2.07. The van der Waals surface area contributed by atoms with Gasteiger partial charge in [0.05, 0.1) is 23.8 Å². The molecule has 1 aromatic carbocycles. The summed E-state index contributed by atoms with van der Waals surface area (Å²) in [5, 5.41) is 21.4. The van der Waals surface area contributed by atoms with Crippen LogP contribution in [0.3, 0.4) is 0 Å². The van der Waals surface area contributed by atoms with E-state index in [1.54, 1.807) is 0 Å². The van der Waals surface area contributed by atoms with Crippen molar-refractivity contribution < 1.29 is 4.79 Å². The average molecular weight is 325 g/mol. The number of nitrogens with one attached hydrogen (secondary N) is 1. The summed E-state index contributed by atoms with van der Waals surface area (Å²) in [7, 11) is 0. The van der Waals surface area contributed by atoms with Gasteiger partial charge in [0.1, 0.15) is 0 Å². The number of thioether (sulfide) groups is 1. The summed E-state index contributed by atoms with van der Waals surface area (Å²) in [6.07, 6.45) is 0.314. The zero-order valence-electron chi connectivity index (χ0n) is 12.6. The number of pyridine rings is 1. The molecule has 0 radical (unpaired) electrons. The van der Waals surface area contributed by atoms with Crippen molar-refractivity contribution in [3.8, 4) is 6.07 Å². The Morgan fingerprint density at radius 2 is 2.22 bits per heavy atom. The van der Waals surface area contributed by atoms with Crippen LogP contribution >= 0.6 is 11.8 Å². The molecule has 0 bridgehead atoms. The minimum Gasteiger partial charge on any atom is -0.354 e. The Morgan fingerprint density at radius 3 is 3.04 bits per heavy atom. The second-order valence-corrected chi connectivity index (χ2v) is 6.01. The molecule has 1 amide bonds. The van der Waals surface area contributed by atoms with Gasteiger partial charge in [-0.05, 0) is 24.6 Å². The maximum atomic E-state index is 11.8. The van der Waals surface area contributed by atoms with Gasteiger partial charge < -0.3 is 5.32 Å². The molecule has 0 saturated heterocycles. The van der Waals surface area contributed by atoms with Crippen molar-refractivity contribution >= 4 is 34.2 Å². The van der Waals surface area contributed by atoms with Crippen molar-refractivity contribution in [2.24, 2.45) is 0 Å². The van der Waals surface area contributed by atoms with Crippen molar-refractivity contribution in [1.29, 1.82) is 5.26 Å². The number of amides is 1. The summed E-state index contributed by atoms with van der Waals surface area (Å²) in [4.78, 5) is 11.8. The molecule has 1 N–H and O–H groups in total. The summed E-state index contributed by atoms with van der Waals surface area (Å²) in [5.41, 5.74) is 2.94. The first-order valence-corrected chi connectivity index (χ1v) is 8.19. The van der Waals surface area contributed by atoms with Gasteiger partial charge in [-0.2, -0.15) is 5.26 Å². The molecule has 0 aliphatic rings. The second-order valence-electron chi connectivity index (χ2n) is 5.07. The lowest BCUT2D eigenvalue weighted by Crippen LogP contribution is -2.25. The highest BCUT2D eigenvalue weighted by molar-refractivity contribution is 7.99. The molecule has 116 valence electrons. The normalized spacial score (nSPS) is 10.8. The second kappa shape index (κ2) is 6.67. The third-order valence-electron chi connectivity index (χ3n) is 3.47. The molecule has 23 heavy (non-hydrogen) atoms. The van der Waals surface area contributed by atoms with Gasteiger partial charge >= 0.3 is 0 Å². The van der Waals surface area contributed by atoms with E-state index < -0.39 is 0 Å². The number of hydrogen-bond donors (Lipinski definition) is 1. The van der Waals surface area contributed by atoms with E-state index in [4.69, 9.17) is 5.26 Å². The Balaban J connectivity index is 1.86. The number of para-hydroxylation sites is 1. The molecule has 3 aromatic rings. The number of nitriles is 1. The molecule has 0 spiro atoms. The molecule has 3 rings (SSSR count). The molecule has 0 saturated carbocycles. The summed E-state index contributed by atoms with van der Waals surface area (Å²) >= 11 is 1.34. The Morgan fingerprint density at radius 1 is 1.39 bits per heavy atom. The molecule has 2 aromatic heterocycles. The van der Waals surface area contributed by atoms with Crippen LogP contribution in [0.25, 0.3) is 16.6 Å². The fraction of sp³-hybridized carbons (Fsp3) is 0.250. The minimum atomic E-state index is -0.113. The monoisotopic (exact) mass is 325 g/mol. The lowest BCUT2D eigenvalue weighted by atomic mass is 10.1. The molecule has 0 unspecified atom stereocenters. The summed E-state index contributed by atoms with van der Waals surface area (Å²) in [6.45, 7) is 2.42. The third-order valence-corrected chi connectivity index (χ3v) is 4.39. The van der Waals surface area contributed by atoms with Crippen molar-refractivity contribution in [1.82, 2.24) is 19.9 Å². The van der Waals surface area contributed by atoms with Crippen molar-refractivity contribution in [2.45, 2.75) is 18.5 Å². The van der Waals surface area contributed by atoms with E-state index in [1.807, 2.05) is 41.7 Å². The van der Waals surface area contributed by atoms with Gasteiger partial charge in [0.15, 0.2) is 10.8 Å². The Kier molecular flexibility index (Phi) is 4.44. The van der Waals surface area contributed by atoms with E-state index >= 15 is 0 Å². The predicted octanol–water partition coefficient (Wildman–Crippen LogP) is 2.31. The third kappa shape index (κ3) is 3.12. The van der Waals surface area contributed by atoms with Crippen LogP contribution in [0.4, 0.5) is 0 Å². The van der Waals surface area contributed by atoms with Crippen LogP contribution in [0.5, 0.6) is 0 Å². The first-order chi connectivity index (χ1) is 11.2. The van der Waals surface area contributed by atoms with Gasteiger partial charge in [0, 0.05) is 11.9 Å². The maximum Gasteiger partial charge on any atom is 0.230 e. The topological polar surface area (TPSA) is 83.1 Å². The van der Waals surface area contributed by atoms with E-state index in [-0.39, 0.29) is 11.7 Å². The average Bonchev–Trinajstić information content (AvgIpc) is 2.96. The SMILES string of the molecule is Cc1cc2nnc(SCC(=O)NCCC#N)n2c2ccccc12. The molecule has 0 aliphatic heterocycles. The van der Waals surface area contributed by atoms with Crippen LogP contribution < -0.4 is 5.32 Å². The van der Waals surface area contributed by atoms with E-state index in [1.165, 1.54) is 11.8 Å². The van der Waals surface area contributed by atoms with Crippen LogP contribution in [0.2, 0.25) is 0 Å². The molecular formula is C16H15N5OS. The van der Waals surface area contributed by atoms with Crippen molar-refractivity contribution in [3.05, 3.63) is 35.9 Å². The molecule has 0 atom stereocenters. The van der Waals surface area contributed by atoms with E-state index in [0.29, 0.717) is 18.1 Å². The lowest BCUT2D eigenvalue weighted by molar-refractivity contribution is -0.118. The summed E-state index contributed by atoms with van der Waals surface area (Å²) < 4.78 is 1.97. The number of aryl methyl sites for hydroxylation is 1. The van der Waals surface area contributed by atoms with Crippen LogP contribution in [0.1, 0.15) is 12.0 Å². The van der Waals surface area contributed by atoms with Crippen molar-refractivity contribution in [2.75, 3.05) is 12.3 Å². The highest BCUT2D eigenvalue weighted by Crippen LogP contribution is 2.25. The molecular weight excluding hydrogens is 310 g/mol. The Hall–Kier alpha value is -2.59. The fourth-order valence-corrected chi connectivity index (χ4v) is 3.19. The number of fused-ring (bicyclic) bond motifs is 3. The maximum absolute atomic E-state index is 11.8. The number of carbonyl (C=O) groups excluding carboxylic acids is 1. The molecule has 0 fully saturated rings. The van der Waals surface area contributed by atoms with Crippen LogP contribution in [0.15, 0.2) is 35.5 Å². The summed E-state index contributed by atoms with van der Waals surface area (Å²) in [6, 6.07) is 12.1. The zero-order chi connectivity index (χ0) is 16.2. The van der Waals surface area contributed by atoms with Gasteiger partial charge in [-0.3, -0.25) is 9.20 Å².